The molecule has 2 heteroatoms. The van der Waals surface area contributed by atoms with Crippen molar-refractivity contribution in [1.29, 1.82) is 0 Å². The summed E-state index contributed by atoms with van der Waals surface area (Å²) in [5, 5.41) is 0. The van der Waals surface area contributed by atoms with Crippen molar-refractivity contribution in [3.8, 4) is 0 Å². The fourth-order valence-corrected chi connectivity index (χ4v) is 1.96. The Hall–Kier alpha value is -0.340. The van der Waals surface area contributed by atoms with Crippen molar-refractivity contribution >= 4 is 0 Å². The van der Waals surface area contributed by atoms with Gasteiger partial charge in [-0.2, -0.15) is 0 Å². The SMILES string of the molecule is CC1=CC2(C)COCC(C1)O2. The largest absolute Gasteiger partial charge is 0.375 e. The summed E-state index contributed by atoms with van der Waals surface area (Å²) in [7, 11) is 0. The van der Waals surface area contributed by atoms with Crippen molar-refractivity contribution in [3.63, 3.8) is 0 Å². The molecule has 2 unspecified atom stereocenters. The molecule has 1 fully saturated rings. The molecule has 0 aromatic heterocycles. The van der Waals surface area contributed by atoms with E-state index in [1.807, 2.05) is 0 Å². The molecule has 0 radical (unpaired) electrons. The monoisotopic (exact) mass is 154 g/mol. The molecule has 2 aliphatic rings. The molecule has 2 bridgehead atoms. The normalized spacial score (nSPS) is 43.5. The molecule has 0 amide bonds. The molecule has 0 N–H and O–H groups in total. The van der Waals surface area contributed by atoms with Crippen LogP contribution in [0.2, 0.25) is 0 Å². The number of ether oxygens (including phenoxy) is 2. The van der Waals surface area contributed by atoms with Gasteiger partial charge in [0.25, 0.3) is 0 Å². The minimum atomic E-state index is -0.134. The zero-order valence-electron chi connectivity index (χ0n) is 7.09. The summed E-state index contributed by atoms with van der Waals surface area (Å²) in [6.07, 6.45) is 3.52. The lowest BCUT2D eigenvalue weighted by atomic mass is 9.95. The first-order chi connectivity index (χ1) is 5.18. The van der Waals surface area contributed by atoms with Crippen LogP contribution in [0.3, 0.4) is 0 Å². The van der Waals surface area contributed by atoms with Gasteiger partial charge >= 0.3 is 0 Å². The zero-order valence-corrected chi connectivity index (χ0v) is 7.09. The second-order valence-electron chi connectivity index (χ2n) is 3.76. The smallest absolute Gasteiger partial charge is 0.107 e. The molecule has 1 saturated heterocycles. The third kappa shape index (κ3) is 1.33. The number of hydrogen-bond acceptors (Lipinski definition) is 2. The first-order valence-corrected chi connectivity index (χ1v) is 4.12. The topological polar surface area (TPSA) is 18.5 Å². The van der Waals surface area contributed by atoms with Crippen molar-refractivity contribution in [3.05, 3.63) is 11.6 Å². The molecule has 2 aliphatic heterocycles. The Balaban J connectivity index is 2.25. The van der Waals surface area contributed by atoms with E-state index < -0.39 is 0 Å². The van der Waals surface area contributed by atoms with Crippen molar-refractivity contribution < 1.29 is 9.47 Å². The molecule has 62 valence electrons. The standard InChI is InChI=1S/C9H14O2/c1-7-3-8-5-10-6-9(2,4-7)11-8/h4,8H,3,5-6H2,1-2H3. The Morgan fingerprint density at radius 2 is 2.45 bits per heavy atom. The highest BCUT2D eigenvalue weighted by Crippen LogP contribution is 2.30. The van der Waals surface area contributed by atoms with E-state index in [1.54, 1.807) is 0 Å². The summed E-state index contributed by atoms with van der Waals surface area (Å²) in [6.45, 7) is 5.72. The maximum absolute atomic E-state index is 5.78. The molecule has 2 nitrogen and oxygen atoms in total. The number of rotatable bonds is 0. The molecule has 2 atom stereocenters. The first kappa shape index (κ1) is 7.32. The highest BCUT2D eigenvalue weighted by atomic mass is 16.6. The Morgan fingerprint density at radius 3 is 3.18 bits per heavy atom. The predicted octanol–water partition coefficient (Wildman–Crippen LogP) is 1.51. The van der Waals surface area contributed by atoms with Crippen LogP contribution in [0.5, 0.6) is 0 Å². The van der Waals surface area contributed by atoms with Gasteiger partial charge in [0.05, 0.1) is 19.3 Å². The molecular formula is C9H14O2. The minimum absolute atomic E-state index is 0.134. The molecule has 2 rings (SSSR count). The lowest BCUT2D eigenvalue weighted by molar-refractivity contribution is -0.174. The number of hydrogen-bond donors (Lipinski definition) is 0. The minimum Gasteiger partial charge on any atom is -0.375 e. The Kier molecular flexibility index (Phi) is 1.55. The highest BCUT2D eigenvalue weighted by Gasteiger charge is 2.35. The third-order valence-corrected chi connectivity index (χ3v) is 2.23. The van der Waals surface area contributed by atoms with E-state index in [9.17, 15) is 0 Å². The van der Waals surface area contributed by atoms with Crippen molar-refractivity contribution in [2.24, 2.45) is 0 Å². The van der Waals surface area contributed by atoms with Gasteiger partial charge in [-0.1, -0.05) is 11.6 Å². The Morgan fingerprint density at radius 1 is 1.64 bits per heavy atom. The van der Waals surface area contributed by atoms with Gasteiger partial charge in [-0.15, -0.1) is 0 Å². The molecule has 2 heterocycles. The van der Waals surface area contributed by atoms with E-state index in [-0.39, 0.29) is 5.60 Å². The fourth-order valence-electron chi connectivity index (χ4n) is 1.96. The molecule has 0 aliphatic carbocycles. The molecule has 0 saturated carbocycles. The van der Waals surface area contributed by atoms with Gasteiger partial charge in [-0.3, -0.25) is 0 Å². The molecule has 11 heavy (non-hydrogen) atoms. The molecule has 0 aromatic rings. The van der Waals surface area contributed by atoms with E-state index in [1.165, 1.54) is 5.57 Å². The summed E-state index contributed by atoms with van der Waals surface area (Å²) in [5.74, 6) is 0. The lowest BCUT2D eigenvalue weighted by Gasteiger charge is -2.40. The lowest BCUT2D eigenvalue weighted by Crippen LogP contribution is -2.46. The van der Waals surface area contributed by atoms with Gasteiger partial charge < -0.3 is 9.47 Å². The average molecular weight is 154 g/mol. The van der Waals surface area contributed by atoms with Crippen molar-refractivity contribution in [1.82, 2.24) is 0 Å². The van der Waals surface area contributed by atoms with Gasteiger partial charge in [0, 0.05) is 0 Å². The van der Waals surface area contributed by atoms with Crippen molar-refractivity contribution in [2.45, 2.75) is 32.0 Å². The second kappa shape index (κ2) is 2.32. The van der Waals surface area contributed by atoms with E-state index in [0.29, 0.717) is 12.7 Å². The van der Waals surface area contributed by atoms with Crippen LogP contribution in [0.4, 0.5) is 0 Å². The highest BCUT2D eigenvalue weighted by molar-refractivity contribution is 5.14. The van der Waals surface area contributed by atoms with Crippen LogP contribution < -0.4 is 0 Å². The molecule has 0 aromatic carbocycles. The van der Waals surface area contributed by atoms with E-state index in [0.717, 1.165) is 13.0 Å². The van der Waals surface area contributed by atoms with Crippen LogP contribution in [-0.2, 0) is 9.47 Å². The van der Waals surface area contributed by atoms with Gasteiger partial charge in [-0.05, 0) is 20.3 Å². The Bertz CT molecular complexity index is 198. The van der Waals surface area contributed by atoms with E-state index in [2.05, 4.69) is 19.9 Å². The summed E-state index contributed by atoms with van der Waals surface area (Å²) >= 11 is 0. The summed E-state index contributed by atoms with van der Waals surface area (Å²) < 4.78 is 11.2. The predicted molar refractivity (Wildman–Crippen MR) is 42.5 cm³/mol. The second-order valence-corrected chi connectivity index (χ2v) is 3.76. The van der Waals surface area contributed by atoms with Gasteiger partial charge in [-0.25, -0.2) is 0 Å². The number of fused-ring (bicyclic) bond motifs is 2. The molecule has 0 spiro atoms. The first-order valence-electron chi connectivity index (χ1n) is 4.12. The van der Waals surface area contributed by atoms with Crippen LogP contribution in [0.1, 0.15) is 20.3 Å². The van der Waals surface area contributed by atoms with Crippen LogP contribution in [0, 0.1) is 0 Å². The van der Waals surface area contributed by atoms with E-state index >= 15 is 0 Å². The van der Waals surface area contributed by atoms with Crippen molar-refractivity contribution in [2.75, 3.05) is 13.2 Å². The van der Waals surface area contributed by atoms with Crippen LogP contribution in [0.25, 0.3) is 0 Å². The van der Waals surface area contributed by atoms with E-state index in [4.69, 9.17) is 9.47 Å². The van der Waals surface area contributed by atoms with Gasteiger partial charge in [0.2, 0.25) is 0 Å². The summed E-state index contributed by atoms with van der Waals surface area (Å²) in [6, 6.07) is 0. The van der Waals surface area contributed by atoms with Crippen LogP contribution in [-0.4, -0.2) is 24.9 Å². The Labute approximate surface area is 67.2 Å². The summed E-state index contributed by atoms with van der Waals surface area (Å²) in [4.78, 5) is 0. The summed E-state index contributed by atoms with van der Waals surface area (Å²) in [5.41, 5.74) is 1.30. The molecular weight excluding hydrogens is 140 g/mol. The maximum Gasteiger partial charge on any atom is 0.107 e. The maximum atomic E-state index is 5.78. The average Bonchev–Trinajstić information content (AvgIpc) is 1.82. The zero-order chi connectivity index (χ0) is 7.90. The van der Waals surface area contributed by atoms with Gasteiger partial charge in [0.1, 0.15) is 5.60 Å². The van der Waals surface area contributed by atoms with Crippen LogP contribution in [0.15, 0.2) is 11.6 Å². The van der Waals surface area contributed by atoms with Crippen LogP contribution >= 0.6 is 0 Å². The quantitative estimate of drug-likeness (QED) is 0.492. The van der Waals surface area contributed by atoms with Gasteiger partial charge in [0.15, 0.2) is 0 Å². The third-order valence-electron chi connectivity index (χ3n) is 2.23. The fraction of sp³-hybridized carbons (Fsp3) is 0.778.